The van der Waals surface area contributed by atoms with Crippen LogP contribution in [-0.4, -0.2) is 28.9 Å². The van der Waals surface area contributed by atoms with Crippen molar-refractivity contribution in [1.82, 2.24) is 15.6 Å². The molecule has 0 saturated carbocycles. The van der Waals surface area contributed by atoms with E-state index in [9.17, 15) is 14.4 Å². The van der Waals surface area contributed by atoms with E-state index in [0.29, 0.717) is 5.69 Å². The molecule has 2 atom stereocenters. The molecule has 1 fully saturated rings. The standard InChI is InChI=1S/C24H24N4O3/c29-21(14-13-20-23(30)28(24(31)27-20)15-7-2-1-3-8-15)25-19-12-6-10-17-16-9-4-5-11-18(16)26-22(17)19/h1-5,7-9,11,19-20,26H,6,10,12-14H2,(H,25,29)(H,27,31)/t19?,20-/m0/s1. The second-order valence-electron chi connectivity index (χ2n) is 8.13. The van der Waals surface area contributed by atoms with Crippen LogP contribution in [0.25, 0.3) is 10.9 Å². The summed E-state index contributed by atoms with van der Waals surface area (Å²) < 4.78 is 0. The molecule has 31 heavy (non-hydrogen) atoms. The fraction of sp³-hybridized carbons (Fsp3) is 0.292. The Morgan fingerprint density at radius 1 is 1.06 bits per heavy atom. The van der Waals surface area contributed by atoms with Crippen LogP contribution >= 0.6 is 0 Å². The van der Waals surface area contributed by atoms with Gasteiger partial charge in [0.05, 0.1) is 11.7 Å². The van der Waals surface area contributed by atoms with E-state index in [2.05, 4.69) is 27.8 Å². The van der Waals surface area contributed by atoms with E-state index in [1.807, 2.05) is 18.2 Å². The maximum atomic E-state index is 12.7. The van der Waals surface area contributed by atoms with E-state index in [-0.39, 0.29) is 30.7 Å². The summed E-state index contributed by atoms with van der Waals surface area (Å²) in [7, 11) is 0. The van der Waals surface area contributed by atoms with Crippen LogP contribution in [0.5, 0.6) is 0 Å². The molecule has 1 aliphatic carbocycles. The molecule has 1 unspecified atom stereocenters. The van der Waals surface area contributed by atoms with Crippen molar-refractivity contribution in [2.45, 2.75) is 44.2 Å². The first kappa shape index (κ1) is 19.4. The number of para-hydroxylation sites is 2. The fourth-order valence-electron chi connectivity index (χ4n) is 4.65. The zero-order chi connectivity index (χ0) is 21.4. The molecule has 1 aliphatic heterocycles. The number of aromatic amines is 1. The van der Waals surface area contributed by atoms with E-state index in [0.717, 1.165) is 35.4 Å². The molecule has 5 rings (SSSR count). The number of carbonyl (C=O) groups is 3. The zero-order valence-corrected chi connectivity index (χ0v) is 17.1. The van der Waals surface area contributed by atoms with Crippen LogP contribution in [0.1, 0.15) is 43.0 Å². The summed E-state index contributed by atoms with van der Waals surface area (Å²) in [6.07, 6.45) is 3.34. The van der Waals surface area contributed by atoms with Crippen molar-refractivity contribution in [3.05, 3.63) is 65.9 Å². The highest BCUT2D eigenvalue weighted by Gasteiger charge is 2.39. The predicted molar refractivity (Wildman–Crippen MR) is 118 cm³/mol. The third-order valence-electron chi connectivity index (χ3n) is 6.14. The summed E-state index contributed by atoms with van der Waals surface area (Å²) in [5, 5.41) is 7.04. The normalized spacial score (nSPS) is 20.6. The van der Waals surface area contributed by atoms with Gasteiger partial charge in [-0.1, -0.05) is 36.4 Å². The zero-order valence-electron chi connectivity index (χ0n) is 17.1. The predicted octanol–water partition coefficient (Wildman–Crippen LogP) is 3.57. The van der Waals surface area contributed by atoms with Gasteiger partial charge in [-0.3, -0.25) is 9.59 Å². The Kier molecular flexibility index (Phi) is 4.94. The van der Waals surface area contributed by atoms with Gasteiger partial charge in [0, 0.05) is 23.0 Å². The third-order valence-corrected chi connectivity index (χ3v) is 6.14. The molecule has 0 bridgehead atoms. The number of hydrogen-bond donors (Lipinski definition) is 3. The van der Waals surface area contributed by atoms with Crippen LogP contribution in [0.15, 0.2) is 54.6 Å². The number of fused-ring (bicyclic) bond motifs is 3. The highest BCUT2D eigenvalue weighted by molar-refractivity contribution is 6.21. The Bertz CT molecular complexity index is 1150. The Morgan fingerprint density at radius 3 is 2.68 bits per heavy atom. The van der Waals surface area contributed by atoms with Crippen molar-refractivity contribution < 1.29 is 14.4 Å². The molecule has 3 aromatic rings. The molecule has 2 aromatic carbocycles. The van der Waals surface area contributed by atoms with E-state index in [1.165, 1.54) is 10.9 Å². The molecule has 7 heteroatoms. The summed E-state index contributed by atoms with van der Waals surface area (Å²) in [6.45, 7) is 0. The first-order chi connectivity index (χ1) is 15.1. The summed E-state index contributed by atoms with van der Waals surface area (Å²) in [6, 6.07) is 15.8. The molecule has 2 heterocycles. The number of aromatic nitrogens is 1. The molecule has 4 amide bonds. The van der Waals surface area contributed by atoms with Gasteiger partial charge in [-0.05, 0) is 49.4 Å². The van der Waals surface area contributed by atoms with Gasteiger partial charge < -0.3 is 15.6 Å². The smallest absolute Gasteiger partial charge is 0.329 e. The van der Waals surface area contributed by atoms with Gasteiger partial charge in [-0.25, -0.2) is 9.69 Å². The van der Waals surface area contributed by atoms with Gasteiger partial charge in [-0.15, -0.1) is 0 Å². The first-order valence-corrected chi connectivity index (χ1v) is 10.7. The quantitative estimate of drug-likeness (QED) is 0.555. The number of nitrogens with one attached hydrogen (secondary N) is 3. The van der Waals surface area contributed by atoms with Gasteiger partial charge in [0.1, 0.15) is 6.04 Å². The summed E-state index contributed by atoms with van der Waals surface area (Å²) >= 11 is 0. The van der Waals surface area contributed by atoms with Crippen molar-refractivity contribution in [3.8, 4) is 0 Å². The van der Waals surface area contributed by atoms with Crippen molar-refractivity contribution in [1.29, 1.82) is 0 Å². The number of benzene rings is 2. The molecule has 158 valence electrons. The molecule has 2 aliphatic rings. The lowest BCUT2D eigenvalue weighted by Crippen LogP contribution is -2.34. The van der Waals surface area contributed by atoms with Crippen LogP contribution in [-0.2, 0) is 16.0 Å². The Morgan fingerprint density at radius 2 is 1.84 bits per heavy atom. The topological polar surface area (TPSA) is 94.3 Å². The van der Waals surface area contributed by atoms with Crippen LogP contribution in [0.3, 0.4) is 0 Å². The van der Waals surface area contributed by atoms with Crippen molar-refractivity contribution >= 4 is 34.4 Å². The van der Waals surface area contributed by atoms with Crippen LogP contribution < -0.4 is 15.5 Å². The number of aryl methyl sites for hydroxylation is 1. The van der Waals surface area contributed by atoms with Crippen LogP contribution in [0, 0.1) is 0 Å². The number of anilines is 1. The van der Waals surface area contributed by atoms with Gasteiger partial charge in [-0.2, -0.15) is 0 Å². The van der Waals surface area contributed by atoms with Gasteiger partial charge in [0.25, 0.3) is 5.91 Å². The summed E-state index contributed by atoms with van der Waals surface area (Å²) in [5.74, 6) is -0.434. The minimum absolute atomic E-state index is 0.0571. The number of amides is 4. The molecule has 0 radical (unpaired) electrons. The number of rotatable bonds is 5. The second kappa shape index (κ2) is 7.91. The van der Waals surface area contributed by atoms with Gasteiger partial charge >= 0.3 is 6.03 Å². The highest BCUT2D eigenvalue weighted by atomic mass is 16.2. The molecule has 0 spiro atoms. The van der Waals surface area contributed by atoms with Crippen molar-refractivity contribution in [2.75, 3.05) is 4.90 Å². The van der Waals surface area contributed by atoms with Crippen LogP contribution in [0.2, 0.25) is 0 Å². The minimum atomic E-state index is -0.687. The number of imide groups is 1. The summed E-state index contributed by atoms with van der Waals surface area (Å²) in [4.78, 5) is 42.2. The maximum absolute atomic E-state index is 12.7. The highest BCUT2D eigenvalue weighted by Crippen LogP contribution is 2.34. The number of urea groups is 1. The maximum Gasteiger partial charge on any atom is 0.329 e. The number of carbonyl (C=O) groups excluding carboxylic acids is 3. The van der Waals surface area contributed by atoms with E-state index < -0.39 is 12.1 Å². The Hall–Kier alpha value is -3.61. The van der Waals surface area contributed by atoms with E-state index >= 15 is 0 Å². The minimum Gasteiger partial charge on any atom is -0.356 e. The number of hydrogen-bond acceptors (Lipinski definition) is 3. The fourth-order valence-corrected chi connectivity index (χ4v) is 4.65. The summed E-state index contributed by atoms with van der Waals surface area (Å²) in [5.41, 5.74) is 3.99. The van der Waals surface area contributed by atoms with Gasteiger partial charge in [0.2, 0.25) is 5.91 Å². The molecule has 3 N–H and O–H groups in total. The molecule has 7 nitrogen and oxygen atoms in total. The third kappa shape index (κ3) is 3.56. The average Bonchev–Trinajstić information content (AvgIpc) is 3.30. The Labute approximate surface area is 179 Å². The lowest BCUT2D eigenvalue weighted by molar-refractivity contribution is -0.122. The van der Waals surface area contributed by atoms with E-state index in [4.69, 9.17) is 0 Å². The SMILES string of the molecule is O=C(CC[C@@H]1NC(=O)N(c2ccccc2)C1=O)NC1CCCc2c1[nH]c1ccccc21. The molecule has 1 aromatic heterocycles. The lowest BCUT2D eigenvalue weighted by Gasteiger charge is -2.24. The van der Waals surface area contributed by atoms with Crippen molar-refractivity contribution in [2.24, 2.45) is 0 Å². The Balaban J connectivity index is 1.23. The van der Waals surface area contributed by atoms with Crippen molar-refractivity contribution in [3.63, 3.8) is 0 Å². The van der Waals surface area contributed by atoms with Crippen LogP contribution in [0.4, 0.5) is 10.5 Å². The average molecular weight is 416 g/mol. The first-order valence-electron chi connectivity index (χ1n) is 10.7. The number of nitrogens with zero attached hydrogens (tertiary/aromatic N) is 1. The molecular formula is C24H24N4O3. The molecular weight excluding hydrogens is 392 g/mol. The lowest BCUT2D eigenvalue weighted by atomic mass is 9.91. The largest absolute Gasteiger partial charge is 0.356 e. The van der Waals surface area contributed by atoms with Gasteiger partial charge in [0.15, 0.2) is 0 Å². The second-order valence-corrected chi connectivity index (χ2v) is 8.13. The molecule has 1 saturated heterocycles. The monoisotopic (exact) mass is 416 g/mol. The van der Waals surface area contributed by atoms with E-state index in [1.54, 1.807) is 24.3 Å². The number of H-pyrrole nitrogens is 1.